The molecular formula is C20H30ClNO3. The summed E-state index contributed by atoms with van der Waals surface area (Å²) < 4.78 is 11.2. The summed E-state index contributed by atoms with van der Waals surface area (Å²) >= 11 is 5.92. The number of carbonyl (C=O) groups is 1. The molecule has 140 valence electrons. The van der Waals surface area contributed by atoms with E-state index in [0.717, 1.165) is 44.2 Å². The van der Waals surface area contributed by atoms with Crippen molar-refractivity contribution in [3.63, 3.8) is 0 Å². The van der Waals surface area contributed by atoms with E-state index in [-0.39, 0.29) is 18.1 Å². The number of anilines is 1. The lowest BCUT2D eigenvalue weighted by Crippen LogP contribution is -2.40. The van der Waals surface area contributed by atoms with Gasteiger partial charge in [0.2, 0.25) is 5.91 Å². The number of hydrogen-bond acceptors (Lipinski definition) is 3. The standard InChI is InChI=1S/C20H30ClNO3/c1-3-5-8-16-10-7-11-17(9-6-4-2)20(16)22(18(23)14-21)15-19-24-12-13-25-19/h7,10-11,19H,3-6,8-9,12-15H2,1-2H3. The van der Waals surface area contributed by atoms with Gasteiger partial charge in [0.05, 0.1) is 25.4 Å². The van der Waals surface area contributed by atoms with Crippen molar-refractivity contribution < 1.29 is 14.3 Å². The van der Waals surface area contributed by atoms with Crippen LogP contribution < -0.4 is 4.90 Å². The lowest BCUT2D eigenvalue weighted by molar-refractivity contribution is -0.117. The van der Waals surface area contributed by atoms with Gasteiger partial charge < -0.3 is 14.4 Å². The van der Waals surface area contributed by atoms with Gasteiger partial charge in [-0.1, -0.05) is 44.9 Å². The maximum atomic E-state index is 12.6. The number of ether oxygens (including phenoxy) is 2. The molecule has 0 bridgehead atoms. The molecule has 1 saturated heterocycles. The smallest absolute Gasteiger partial charge is 0.242 e. The first-order chi connectivity index (χ1) is 12.2. The van der Waals surface area contributed by atoms with E-state index in [9.17, 15) is 4.79 Å². The molecule has 0 N–H and O–H groups in total. The van der Waals surface area contributed by atoms with Crippen LogP contribution in [0.3, 0.4) is 0 Å². The molecule has 1 heterocycles. The fraction of sp³-hybridized carbons (Fsp3) is 0.650. The molecule has 1 aliphatic rings. The number of aryl methyl sites for hydroxylation is 2. The van der Waals surface area contributed by atoms with Crippen molar-refractivity contribution in [1.29, 1.82) is 0 Å². The Morgan fingerprint density at radius 3 is 2.16 bits per heavy atom. The summed E-state index contributed by atoms with van der Waals surface area (Å²) in [6.07, 6.45) is 6.00. The average Bonchev–Trinajstić information content (AvgIpc) is 3.15. The number of halogens is 1. The zero-order chi connectivity index (χ0) is 18.1. The van der Waals surface area contributed by atoms with Gasteiger partial charge in [-0.3, -0.25) is 4.79 Å². The number of benzene rings is 1. The summed E-state index contributed by atoms with van der Waals surface area (Å²) in [4.78, 5) is 14.4. The van der Waals surface area contributed by atoms with Gasteiger partial charge in [0, 0.05) is 0 Å². The highest BCUT2D eigenvalue weighted by Crippen LogP contribution is 2.30. The predicted octanol–water partition coefficient (Wildman–Crippen LogP) is 4.32. The number of hydrogen-bond donors (Lipinski definition) is 0. The van der Waals surface area contributed by atoms with Crippen LogP contribution >= 0.6 is 11.6 Å². The van der Waals surface area contributed by atoms with Gasteiger partial charge in [0.15, 0.2) is 6.29 Å². The van der Waals surface area contributed by atoms with Gasteiger partial charge in [-0.25, -0.2) is 0 Å². The van der Waals surface area contributed by atoms with Crippen LogP contribution in [0.25, 0.3) is 0 Å². The van der Waals surface area contributed by atoms with Crippen LogP contribution in [0, 0.1) is 0 Å². The third-order valence-electron chi connectivity index (χ3n) is 4.51. The molecule has 0 atom stereocenters. The molecule has 0 saturated carbocycles. The van der Waals surface area contributed by atoms with Gasteiger partial charge in [0.1, 0.15) is 5.88 Å². The zero-order valence-electron chi connectivity index (χ0n) is 15.4. The summed E-state index contributed by atoms with van der Waals surface area (Å²) in [5.41, 5.74) is 3.45. The summed E-state index contributed by atoms with van der Waals surface area (Å²) in [6.45, 7) is 5.92. The molecule has 0 unspecified atom stereocenters. The Labute approximate surface area is 156 Å². The molecule has 1 aliphatic heterocycles. The first-order valence-electron chi connectivity index (χ1n) is 9.41. The molecule has 1 aromatic rings. The molecule has 0 spiro atoms. The van der Waals surface area contributed by atoms with Crippen molar-refractivity contribution >= 4 is 23.2 Å². The lowest BCUT2D eigenvalue weighted by atomic mass is 9.97. The zero-order valence-corrected chi connectivity index (χ0v) is 16.2. The van der Waals surface area contributed by atoms with E-state index in [1.54, 1.807) is 4.90 Å². The number of nitrogens with zero attached hydrogens (tertiary/aromatic N) is 1. The van der Waals surface area contributed by atoms with Gasteiger partial charge >= 0.3 is 0 Å². The number of unbranched alkanes of at least 4 members (excludes halogenated alkanes) is 2. The lowest BCUT2D eigenvalue weighted by Gasteiger charge is -2.29. The van der Waals surface area contributed by atoms with E-state index in [0.29, 0.717) is 19.8 Å². The normalized spacial score (nSPS) is 14.8. The van der Waals surface area contributed by atoms with Crippen LogP contribution in [0.15, 0.2) is 18.2 Å². The fourth-order valence-electron chi connectivity index (χ4n) is 3.18. The molecule has 4 nitrogen and oxygen atoms in total. The maximum Gasteiger partial charge on any atom is 0.242 e. The topological polar surface area (TPSA) is 38.8 Å². The van der Waals surface area contributed by atoms with Crippen LogP contribution in [0.1, 0.15) is 50.7 Å². The SMILES string of the molecule is CCCCc1cccc(CCCC)c1N(CC1OCCO1)C(=O)CCl. The molecule has 1 fully saturated rings. The van der Waals surface area contributed by atoms with Gasteiger partial charge in [-0.05, 0) is 36.8 Å². The van der Waals surface area contributed by atoms with Crippen LogP contribution in [-0.4, -0.2) is 37.8 Å². The number of alkyl halides is 1. The summed E-state index contributed by atoms with van der Waals surface area (Å²) in [5, 5.41) is 0. The highest BCUT2D eigenvalue weighted by molar-refractivity contribution is 6.29. The maximum absolute atomic E-state index is 12.6. The van der Waals surface area contributed by atoms with Crippen LogP contribution in [0.5, 0.6) is 0 Å². The molecule has 2 rings (SSSR count). The van der Waals surface area contributed by atoms with Crippen molar-refractivity contribution in [2.24, 2.45) is 0 Å². The number of rotatable bonds is 10. The quantitative estimate of drug-likeness (QED) is 0.578. The molecule has 1 amide bonds. The van der Waals surface area contributed by atoms with Gasteiger partial charge in [-0.2, -0.15) is 0 Å². The number of carbonyl (C=O) groups excluding carboxylic acids is 1. The van der Waals surface area contributed by atoms with E-state index >= 15 is 0 Å². The highest BCUT2D eigenvalue weighted by atomic mass is 35.5. The number of para-hydroxylation sites is 1. The van der Waals surface area contributed by atoms with Crippen molar-refractivity contribution in [2.75, 3.05) is 30.5 Å². The second kappa shape index (κ2) is 10.8. The predicted molar refractivity (Wildman–Crippen MR) is 102 cm³/mol. The van der Waals surface area contributed by atoms with E-state index in [4.69, 9.17) is 21.1 Å². The first kappa shape index (κ1) is 20.2. The Bertz CT molecular complexity index is 517. The van der Waals surface area contributed by atoms with Gasteiger partial charge in [-0.15, -0.1) is 11.6 Å². The van der Waals surface area contributed by atoms with E-state index < -0.39 is 0 Å². The van der Waals surface area contributed by atoms with Crippen molar-refractivity contribution in [3.8, 4) is 0 Å². The molecule has 5 heteroatoms. The van der Waals surface area contributed by atoms with Crippen molar-refractivity contribution in [2.45, 2.75) is 58.7 Å². The minimum Gasteiger partial charge on any atom is -0.348 e. The summed E-state index contributed by atoms with van der Waals surface area (Å²) in [6, 6.07) is 6.36. The van der Waals surface area contributed by atoms with Crippen LogP contribution in [0.4, 0.5) is 5.69 Å². The molecule has 0 aromatic heterocycles. The van der Waals surface area contributed by atoms with E-state index in [2.05, 4.69) is 32.0 Å². The molecule has 0 radical (unpaired) electrons. The van der Waals surface area contributed by atoms with E-state index in [1.165, 1.54) is 11.1 Å². The molecular weight excluding hydrogens is 338 g/mol. The molecule has 1 aromatic carbocycles. The third kappa shape index (κ3) is 5.70. The molecule has 0 aliphatic carbocycles. The van der Waals surface area contributed by atoms with Crippen LogP contribution in [0.2, 0.25) is 0 Å². The minimum atomic E-state index is -0.370. The third-order valence-corrected chi connectivity index (χ3v) is 4.74. The first-order valence-corrected chi connectivity index (χ1v) is 9.95. The monoisotopic (exact) mass is 367 g/mol. The Balaban J connectivity index is 2.37. The fourth-order valence-corrected chi connectivity index (χ4v) is 3.33. The summed E-state index contributed by atoms with van der Waals surface area (Å²) in [7, 11) is 0. The Hall–Kier alpha value is -1.10. The highest BCUT2D eigenvalue weighted by Gasteiger charge is 2.27. The van der Waals surface area contributed by atoms with Crippen molar-refractivity contribution in [3.05, 3.63) is 29.3 Å². The molecule has 25 heavy (non-hydrogen) atoms. The van der Waals surface area contributed by atoms with E-state index in [1.807, 2.05) is 0 Å². The second-order valence-electron chi connectivity index (χ2n) is 6.44. The van der Waals surface area contributed by atoms with Crippen molar-refractivity contribution in [1.82, 2.24) is 0 Å². The summed E-state index contributed by atoms with van der Waals surface area (Å²) in [5.74, 6) is -0.135. The Kier molecular flexibility index (Phi) is 8.73. The second-order valence-corrected chi connectivity index (χ2v) is 6.71. The average molecular weight is 368 g/mol. The van der Waals surface area contributed by atoms with Crippen LogP contribution in [-0.2, 0) is 27.1 Å². The Morgan fingerprint density at radius 1 is 1.12 bits per heavy atom. The minimum absolute atomic E-state index is 0.0396. The Morgan fingerprint density at radius 2 is 1.68 bits per heavy atom. The van der Waals surface area contributed by atoms with Gasteiger partial charge in [0.25, 0.3) is 0 Å². The largest absolute Gasteiger partial charge is 0.348 e. The number of amides is 1.